The van der Waals surface area contributed by atoms with Crippen LogP contribution >= 0.6 is 0 Å². The van der Waals surface area contributed by atoms with Gasteiger partial charge in [-0.25, -0.2) is 0 Å². The largest absolute Gasteiger partial charge is 0.573 e. The minimum atomic E-state index is -4.73. The summed E-state index contributed by atoms with van der Waals surface area (Å²) in [6.45, 7) is 3.42. The monoisotopic (exact) mass is 358 g/mol. The highest BCUT2D eigenvalue weighted by Gasteiger charge is 2.31. The minimum absolute atomic E-state index is 0.0807. The lowest BCUT2D eigenvalue weighted by Crippen LogP contribution is -2.48. The van der Waals surface area contributed by atoms with Gasteiger partial charge in [0.15, 0.2) is 0 Å². The summed E-state index contributed by atoms with van der Waals surface area (Å²) in [6.07, 6.45) is -1.96. The lowest BCUT2D eigenvalue weighted by Gasteiger charge is -2.35. The van der Waals surface area contributed by atoms with Gasteiger partial charge < -0.3 is 14.8 Å². The Morgan fingerprint density at radius 1 is 1.16 bits per heavy atom. The lowest BCUT2D eigenvalue weighted by atomic mass is 10.0. The summed E-state index contributed by atoms with van der Waals surface area (Å²) < 4.78 is 45.6. The van der Waals surface area contributed by atoms with E-state index < -0.39 is 6.36 Å². The third-order valence-electron chi connectivity index (χ3n) is 4.64. The number of hydrogen-bond acceptors (Lipinski definition) is 4. The summed E-state index contributed by atoms with van der Waals surface area (Å²) in [4.78, 5) is 14.6. The number of nitrogens with zero attached hydrogens (tertiary/aromatic N) is 1. The van der Waals surface area contributed by atoms with E-state index in [9.17, 15) is 18.0 Å². The number of amides is 1. The summed E-state index contributed by atoms with van der Waals surface area (Å²) in [5.41, 5.74) is 0.321. The molecule has 0 saturated carbocycles. The Bertz CT molecular complexity index is 578. The van der Waals surface area contributed by atoms with Gasteiger partial charge in [-0.3, -0.25) is 9.69 Å². The van der Waals surface area contributed by atoms with E-state index in [4.69, 9.17) is 4.74 Å². The minimum Gasteiger partial charge on any atom is -0.406 e. The maximum atomic E-state index is 12.2. The summed E-state index contributed by atoms with van der Waals surface area (Å²) in [7, 11) is 0. The van der Waals surface area contributed by atoms with E-state index in [0.717, 1.165) is 57.7 Å². The van der Waals surface area contributed by atoms with Crippen molar-refractivity contribution in [1.29, 1.82) is 0 Å². The van der Waals surface area contributed by atoms with Crippen LogP contribution in [0, 0.1) is 0 Å². The topological polar surface area (TPSA) is 50.8 Å². The zero-order valence-electron chi connectivity index (χ0n) is 13.7. The van der Waals surface area contributed by atoms with Gasteiger partial charge in [0.25, 0.3) is 5.91 Å². The van der Waals surface area contributed by atoms with Crippen molar-refractivity contribution in [2.24, 2.45) is 0 Å². The summed E-state index contributed by atoms with van der Waals surface area (Å²) in [5.74, 6) is -0.614. The number of piperidine rings is 1. The number of likely N-dealkylation sites (tertiary alicyclic amines) is 1. The molecule has 138 valence electrons. The average Bonchev–Trinajstić information content (AvgIpc) is 3.09. The molecule has 0 unspecified atom stereocenters. The van der Waals surface area contributed by atoms with E-state index in [-0.39, 0.29) is 17.7 Å². The van der Waals surface area contributed by atoms with Crippen molar-refractivity contribution in [3.8, 4) is 5.75 Å². The normalized spacial score (nSPS) is 22.8. The number of nitrogens with one attached hydrogen (secondary N) is 1. The van der Waals surface area contributed by atoms with Crippen LogP contribution in [0.4, 0.5) is 13.2 Å². The van der Waals surface area contributed by atoms with Crippen molar-refractivity contribution < 1.29 is 27.4 Å². The first-order valence-electron chi connectivity index (χ1n) is 8.39. The molecular formula is C17H21F3N2O3. The van der Waals surface area contributed by atoms with Crippen LogP contribution < -0.4 is 10.1 Å². The summed E-state index contributed by atoms with van der Waals surface area (Å²) in [6, 6.07) is 5.52. The first kappa shape index (κ1) is 18.0. The fraction of sp³-hybridized carbons (Fsp3) is 0.588. The van der Waals surface area contributed by atoms with Gasteiger partial charge in [-0.2, -0.15) is 0 Å². The molecule has 2 aliphatic rings. The number of alkyl halides is 3. The van der Waals surface area contributed by atoms with Gasteiger partial charge in [0.1, 0.15) is 5.75 Å². The maximum absolute atomic E-state index is 12.2. The van der Waals surface area contributed by atoms with Crippen LogP contribution in [-0.2, 0) is 4.74 Å². The SMILES string of the molecule is O=C(NC1CCN([C@@H]2CCOC2)CC1)c1ccc(OC(F)(F)F)cc1. The third kappa shape index (κ3) is 5.09. The smallest absolute Gasteiger partial charge is 0.406 e. The molecule has 2 heterocycles. The highest BCUT2D eigenvalue weighted by Crippen LogP contribution is 2.23. The number of hydrogen-bond donors (Lipinski definition) is 1. The molecule has 5 nitrogen and oxygen atoms in total. The van der Waals surface area contributed by atoms with Crippen LogP contribution in [0.1, 0.15) is 29.6 Å². The standard InChI is InChI=1S/C17H21F3N2O3/c18-17(19,20)25-15-3-1-12(2-4-15)16(23)21-13-5-8-22(9-6-13)14-7-10-24-11-14/h1-4,13-14H,5-11H2,(H,21,23)/t14-/m1/s1. The van der Waals surface area contributed by atoms with Crippen molar-refractivity contribution in [2.45, 2.75) is 37.7 Å². The fourth-order valence-electron chi connectivity index (χ4n) is 3.30. The van der Waals surface area contributed by atoms with Crippen LogP contribution in [0.3, 0.4) is 0 Å². The molecule has 1 amide bonds. The second kappa shape index (κ2) is 7.61. The van der Waals surface area contributed by atoms with E-state index in [2.05, 4.69) is 15.0 Å². The van der Waals surface area contributed by atoms with Crippen LogP contribution in [0.25, 0.3) is 0 Å². The molecule has 8 heteroatoms. The van der Waals surface area contributed by atoms with Crippen molar-refractivity contribution in [1.82, 2.24) is 10.2 Å². The van der Waals surface area contributed by atoms with Crippen LogP contribution in [0.5, 0.6) is 5.75 Å². The number of benzene rings is 1. The molecule has 1 atom stereocenters. The van der Waals surface area contributed by atoms with Gasteiger partial charge in [0.05, 0.1) is 6.61 Å². The molecule has 1 aromatic rings. The summed E-state index contributed by atoms with van der Waals surface area (Å²) >= 11 is 0. The molecule has 0 aliphatic carbocycles. The number of ether oxygens (including phenoxy) is 2. The predicted molar refractivity (Wildman–Crippen MR) is 84.4 cm³/mol. The van der Waals surface area contributed by atoms with Gasteiger partial charge in [-0.1, -0.05) is 0 Å². The van der Waals surface area contributed by atoms with Gasteiger partial charge >= 0.3 is 6.36 Å². The third-order valence-corrected chi connectivity index (χ3v) is 4.64. The molecule has 3 rings (SSSR count). The van der Waals surface area contributed by atoms with Crippen LogP contribution in [-0.4, -0.2) is 55.6 Å². The second-order valence-corrected chi connectivity index (χ2v) is 6.37. The lowest BCUT2D eigenvalue weighted by molar-refractivity contribution is -0.274. The van der Waals surface area contributed by atoms with E-state index >= 15 is 0 Å². The van der Waals surface area contributed by atoms with Crippen LogP contribution in [0.15, 0.2) is 24.3 Å². The Kier molecular flexibility index (Phi) is 5.48. The number of rotatable bonds is 4. The maximum Gasteiger partial charge on any atom is 0.573 e. The van der Waals surface area contributed by atoms with E-state index in [1.54, 1.807) is 0 Å². The first-order chi connectivity index (χ1) is 11.9. The van der Waals surface area contributed by atoms with Crippen molar-refractivity contribution in [3.63, 3.8) is 0 Å². The second-order valence-electron chi connectivity index (χ2n) is 6.37. The fourth-order valence-corrected chi connectivity index (χ4v) is 3.30. The van der Waals surface area contributed by atoms with Crippen molar-refractivity contribution in [2.75, 3.05) is 26.3 Å². The Morgan fingerprint density at radius 3 is 2.40 bits per heavy atom. The zero-order valence-corrected chi connectivity index (χ0v) is 13.7. The molecule has 0 bridgehead atoms. The Morgan fingerprint density at radius 2 is 1.84 bits per heavy atom. The van der Waals surface area contributed by atoms with Crippen molar-refractivity contribution >= 4 is 5.91 Å². The van der Waals surface area contributed by atoms with Crippen LogP contribution in [0.2, 0.25) is 0 Å². The number of halogens is 3. The quantitative estimate of drug-likeness (QED) is 0.899. The molecule has 2 aliphatic heterocycles. The molecule has 0 radical (unpaired) electrons. The van der Waals surface area contributed by atoms with Gasteiger partial charge in [-0.15, -0.1) is 13.2 Å². The highest BCUT2D eigenvalue weighted by molar-refractivity contribution is 5.94. The Labute approximate surface area is 144 Å². The molecule has 25 heavy (non-hydrogen) atoms. The van der Waals surface area contributed by atoms with Gasteiger partial charge in [0.2, 0.25) is 0 Å². The molecular weight excluding hydrogens is 337 g/mol. The highest BCUT2D eigenvalue weighted by atomic mass is 19.4. The molecule has 2 fully saturated rings. The van der Waals surface area contributed by atoms with Crippen molar-refractivity contribution in [3.05, 3.63) is 29.8 Å². The molecule has 2 saturated heterocycles. The number of carbonyl (C=O) groups excluding carboxylic acids is 1. The zero-order chi connectivity index (χ0) is 17.9. The molecule has 0 spiro atoms. The first-order valence-corrected chi connectivity index (χ1v) is 8.39. The number of carbonyl (C=O) groups is 1. The van der Waals surface area contributed by atoms with Gasteiger partial charge in [-0.05, 0) is 43.5 Å². The summed E-state index contributed by atoms with van der Waals surface area (Å²) in [5, 5.41) is 2.95. The van der Waals surface area contributed by atoms with Gasteiger partial charge in [0, 0.05) is 37.3 Å². The predicted octanol–water partition coefficient (Wildman–Crippen LogP) is 2.57. The Balaban J connectivity index is 1.47. The Hall–Kier alpha value is -1.80. The molecule has 1 N–H and O–H groups in total. The molecule has 1 aromatic carbocycles. The van der Waals surface area contributed by atoms with E-state index in [1.807, 2.05) is 0 Å². The molecule has 0 aromatic heterocycles. The van der Waals surface area contributed by atoms with E-state index in [1.165, 1.54) is 12.1 Å². The van der Waals surface area contributed by atoms with E-state index in [0.29, 0.717) is 11.6 Å². The average molecular weight is 358 g/mol.